The van der Waals surface area contributed by atoms with E-state index in [4.69, 9.17) is 16.3 Å². The number of likely N-dealkylation sites (tertiary alicyclic amines) is 1. The van der Waals surface area contributed by atoms with E-state index in [2.05, 4.69) is 13.2 Å². The molecule has 3 fully saturated rings. The number of amides is 3. The number of aliphatic hydroxyl groups excluding tert-OH is 1. The molecule has 0 aromatic heterocycles. The number of aliphatic hydroxyl groups is 1. The number of halogens is 1. The molecular weight excluding hydrogens is 530 g/mol. The van der Waals surface area contributed by atoms with Crippen LogP contribution in [0.1, 0.15) is 51.9 Å². The molecule has 3 aliphatic rings. The molecule has 2 unspecified atom stereocenters. The number of hydrogen-bond acceptors (Lipinski definition) is 5. The van der Waals surface area contributed by atoms with Crippen molar-refractivity contribution in [2.75, 3.05) is 38.2 Å². The van der Waals surface area contributed by atoms with Crippen LogP contribution in [0.2, 0.25) is 5.02 Å². The predicted molar refractivity (Wildman–Crippen MR) is 156 cm³/mol. The third kappa shape index (κ3) is 5.10. The van der Waals surface area contributed by atoms with E-state index in [1.807, 2.05) is 6.92 Å². The van der Waals surface area contributed by atoms with Gasteiger partial charge in [-0.1, -0.05) is 43.5 Å². The summed E-state index contributed by atoms with van der Waals surface area (Å²) in [5, 5.41) is 9.73. The second-order valence-corrected chi connectivity index (χ2v) is 11.7. The van der Waals surface area contributed by atoms with Crippen LogP contribution in [0.4, 0.5) is 5.69 Å². The molecule has 8 nitrogen and oxygen atoms in total. The van der Waals surface area contributed by atoms with Crippen molar-refractivity contribution in [1.82, 2.24) is 9.80 Å². The lowest BCUT2D eigenvalue weighted by Crippen LogP contribution is -2.56. The fourth-order valence-electron chi connectivity index (χ4n) is 7.10. The zero-order valence-electron chi connectivity index (χ0n) is 23.7. The fraction of sp³-hybridized carbons (Fsp3) is 0.581. The maximum Gasteiger partial charge on any atom is 0.253 e. The van der Waals surface area contributed by atoms with E-state index in [0.717, 1.165) is 12.8 Å². The molecule has 5 atom stereocenters. The van der Waals surface area contributed by atoms with Gasteiger partial charge in [0.1, 0.15) is 11.6 Å². The minimum atomic E-state index is -1.09. The van der Waals surface area contributed by atoms with E-state index >= 15 is 0 Å². The van der Waals surface area contributed by atoms with E-state index in [-0.39, 0.29) is 30.9 Å². The van der Waals surface area contributed by atoms with Gasteiger partial charge in [-0.25, -0.2) is 0 Å². The molecule has 1 N–H and O–H groups in total. The van der Waals surface area contributed by atoms with Crippen molar-refractivity contribution in [3.8, 4) is 0 Å². The summed E-state index contributed by atoms with van der Waals surface area (Å²) in [4.78, 5) is 47.7. The van der Waals surface area contributed by atoms with Gasteiger partial charge in [0.25, 0.3) is 5.91 Å². The first-order chi connectivity index (χ1) is 19.2. The van der Waals surface area contributed by atoms with Gasteiger partial charge in [0.05, 0.1) is 17.4 Å². The third-order valence-corrected chi connectivity index (χ3v) is 9.24. The molecule has 3 aliphatic heterocycles. The molecule has 3 amide bonds. The first-order valence-corrected chi connectivity index (χ1v) is 14.7. The Morgan fingerprint density at radius 1 is 1.10 bits per heavy atom. The second-order valence-electron chi connectivity index (χ2n) is 11.2. The van der Waals surface area contributed by atoms with Gasteiger partial charge >= 0.3 is 0 Å². The monoisotopic (exact) mass is 571 g/mol. The maximum atomic E-state index is 14.6. The van der Waals surface area contributed by atoms with Gasteiger partial charge in [-0.05, 0) is 56.4 Å². The Kier molecular flexibility index (Phi) is 9.43. The molecule has 40 heavy (non-hydrogen) atoms. The van der Waals surface area contributed by atoms with Crippen molar-refractivity contribution in [1.29, 1.82) is 0 Å². The number of fused-ring (bicyclic) bond motifs is 1. The molecule has 0 saturated carbocycles. The highest BCUT2D eigenvalue weighted by Gasteiger charge is 2.78. The zero-order valence-corrected chi connectivity index (χ0v) is 24.4. The lowest BCUT2D eigenvalue weighted by molar-refractivity contribution is -0.150. The van der Waals surface area contributed by atoms with Crippen molar-refractivity contribution >= 4 is 35.0 Å². The summed E-state index contributed by atoms with van der Waals surface area (Å²) in [6.07, 6.45) is 8.09. The number of anilines is 1. The normalized spacial score (nSPS) is 28.4. The summed E-state index contributed by atoms with van der Waals surface area (Å²) in [7, 11) is 1.72. The summed E-state index contributed by atoms with van der Waals surface area (Å²) in [5.41, 5.74) is -1.22. The Balaban J connectivity index is 1.76. The molecule has 1 spiro atoms. The van der Waals surface area contributed by atoms with Crippen LogP contribution < -0.4 is 4.90 Å². The summed E-state index contributed by atoms with van der Waals surface area (Å²) in [6, 6.07) is 6.16. The van der Waals surface area contributed by atoms with Crippen molar-refractivity contribution in [2.24, 2.45) is 11.8 Å². The van der Waals surface area contributed by atoms with Crippen LogP contribution in [0.3, 0.4) is 0 Å². The number of carbonyl (C=O) groups is 3. The minimum Gasteiger partial charge on any atom is -0.396 e. The molecule has 218 valence electrons. The number of unbranched alkanes of at least 4 members (excludes halogenated alkanes) is 3. The number of nitrogens with zero attached hydrogens (tertiary/aromatic N) is 3. The Bertz CT molecular complexity index is 1130. The quantitative estimate of drug-likeness (QED) is 0.267. The number of rotatable bonds is 14. The Morgan fingerprint density at radius 2 is 1.77 bits per heavy atom. The molecule has 3 saturated heterocycles. The number of likely N-dealkylation sites (N-methyl/N-ethyl adjacent to an activating group) is 1. The van der Waals surface area contributed by atoms with Gasteiger partial charge in [-0.3, -0.25) is 14.4 Å². The molecular formula is C31H42ClN3O5. The highest BCUT2D eigenvalue weighted by atomic mass is 35.5. The van der Waals surface area contributed by atoms with Gasteiger partial charge in [0.15, 0.2) is 0 Å². The Hall–Kier alpha value is -2.68. The molecule has 1 aromatic rings. The minimum absolute atomic E-state index is 0.126. The number of ether oxygens (including phenoxy) is 1. The summed E-state index contributed by atoms with van der Waals surface area (Å²) < 4.78 is 6.88. The van der Waals surface area contributed by atoms with Crippen LogP contribution in [0, 0.1) is 11.8 Å². The van der Waals surface area contributed by atoms with E-state index in [1.54, 1.807) is 58.2 Å². The number of benzene rings is 1. The number of hydrogen-bond donors (Lipinski definition) is 1. The molecule has 4 rings (SSSR count). The van der Waals surface area contributed by atoms with Crippen LogP contribution >= 0.6 is 11.6 Å². The Labute approximate surface area is 242 Å². The van der Waals surface area contributed by atoms with Crippen molar-refractivity contribution in [3.63, 3.8) is 0 Å². The molecule has 2 bridgehead atoms. The topological polar surface area (TPSA) is 90.4 Å². The first-order valence-electron chi connectivity index (χ1n) is 14.4. The highest BCUT2D eigenvalue weighted by Crippen LogP contribution is 2.64. The van der Waals surface area contributed by atoms with Crippen LogP contribution in [-0.4, -0.2) is 83.2 Å². The molecule has 1 aromatic carbocycles. The van der Waals surface area contributed by atoms with E-state index < -0.39 is 29.1 Å². The van der Waals surface area contributed by atoms with Gasteiger partial charge in [-0.15, -0.1) is 13.2 Å². The predicted octanol–water partition coefficient (Wildman–Crippen LogP) is 4.21. The van der Waals surface area contributed by atoms with Crippen molar-refractivity contribution < 1.29 is 24.2 Å². The highest BCUT2D eigenvalue weighted by molar-refractivity contribution is 6.30. The summed E-state index contributed by atoms with van der Waals surface area (Å²) in [5.74, 6) is -1.97. The van der Waals surface area contributed by atoms with E-state index in [9.17, 15) is 19.5 Å². The van der Waals surface area contributed by atoms with Crippen LogP contribution in [0.15, 0.2) is 49.6 Å². The molecule has 3 heterocycles. The summed E-state index contributed by atoms with van der Waals surface area (Å²) >= 11 is 6.13. The Morgan fingerprint density at radius 3 is 2.40 bits per heavy atom. The van der Waals surface area contributed by atoms with E-state index in [0.29, 0.717) is 55.9 Å². The fourth-order valence-corrected chi connectivity index (χ4v) is 7.23. The molecule has 0 aliphatic carbocycles. The van der Waals surface area contributed by atoms with Gasteiger partial charge in [-0.2, -0.15) is 0 Å². The van der Waals surface area contributed by atoms with Crippen LogP contribution in [-0.2, 0) is 19.1 Å². The largest absolute Gasteiger partial charge is 0.396 e. The smallest absolute Gasteiger partial charge is 0.253 e. The van der Waals surface area contributed by atoms with Gasteiger partial charge < -0.3 is 24.5 Å². The van der Waals surface area contributed by atoms with Crippen molar-refractivity contribution in [3.05, 3.63) is 54.6 Å². The average molecular weight is 572 g/mol. The van der Waals surface area contributed by atoms with Crippen molar-refractivity contribution in [2.45, 2.75) is 69.1 Å². The lowest BCUT2D eigenvalue weighted by Gasteiger charge is -2.37. The second kappa shape index (κ2) is 12.5. The standard InChI is InChI=1S/C31H42ClN3O5/c1-5-18-33(4)27(37)24-25-28(38)35(20-10-8-9-11-21-36)26(31(25)17-16-30(24,7-3)40-31)29(39)34(19-6-2)23-14-12-22(32)13-15-23/h5-6,12-15,24-26,36H,1-2,7-11,16-21H2,3-4H3/t24-,25-,26?,30+,31?/m0/s1. The van der Waals surface area contributed by atoms with Crippen LogP contribution in [0.5, 0.6) is 0 Å². The lowest BCUT2D eigenvalue weighted by atomic mass is 9.64. The van der Waals surface area contributed by atoms with E-state index in [1.165, 1.54) is 0 Å². The van der Waals surface area contributed by atoms with Gasteiger partial charge in [0.2, 0.25) is 11.8 Å². The SMILES string of the molecule is C=CCN(C)C(=O)[C@@H]1[C@H]2C(=O)N(CCCCCCO)C(C(=O)N(CC=C)c3ccc(Cl)cc3)C23CC[C@@]1(CC)O3. The number of carbonyl (C=O) groups excluding carboxylic acids is 3. The zero-order chi connectivity index (χ0) is 29.1. The molecule has 0 radical (unpaired) electrons. The average Bonchev–Trinajstić information content (AvgIpc) is 3.55. The summed E-state index contributed by atoms with van der Waals surface area (Å²) in [6.45, 7) is 10.7. The molecule has 9 heteroatoms. The first kappa shape index (κ1) is 30.3. The van der Waals surface area contributed by atoms with Crippen LogP contribution in [0.25, 0.3) is 0 Å². The van der Waals surface area contributed by atoms with Gasteiger partial charge in [0, 0.05) is 44.0 Å². The maximum absolute atomic E-state index is 14.6. The third-order valence-electron chi connectivity index (χ3n) is 8.98.